The number of benzene rings is 2. The minimum atomic E-state index is -3.90. The maximum atomic E-state index is 12.9. The van der Waals surface area contributed by atoms with Gasteiger partial charge in [0.05, 0.1) is 10.5 Å². The smallest absolute Gasteiger partial charge is 0.338 e. The summed E-state index contributed by atoms with van der Waals surface area (Å²) in [6, 6.07) is 9.88. The molecule has 0 unspecified atom stereocenters. The van der Waals surface area contributed by atoms with Gasteiger partial charge in [0.1, 0.15) is 5.82 Å². The number of amides is 1. The first kappa shape index (κ1) is 21.4. The summed E-state index contributed by atoms with van der Waals surface area (Å²) in [7, 11) is -3.90. The molecule has 0 saturated heterocycles. The molecular formula is C19H21FN2O5S. The van der Waals surface area contributed by atoms with Crippen LogP contribution in [0, 0.1) is 5.82 Å². The van der Waals surface area contributed by atoms with Gasteiger partial charge in [0, 0.05) is 11.2 Å². The highest BCUT2D eigenvalue weighted by Gasteiger charge is 2.18. The van der Waals surface area contributed by atoms with Crippen LogP contribution in [0.25, 0.3) is 0 Å². The fourth-order valence-electron chi connectivity index (χ4n) is 2.17. The monoisotopic (exact) mass is 408 g/mol. The maximum Gasteiger partial charge on any atom is 0.338 e. The molecule has 0 spiro atoms. The van der Waals surface area contributed by atoms with Crippen LogP contribution < -0.4 is 10.0 Å². The molecule has 9 heteroatoms. The molecule has 0 atom stereocenters. The first-order valence-corrected chi connectivity index (χ1v) is 9.81. The number of anilines is 1. The Labute approximate surface area is 163 Å². The third-order valence-corrected chi connectivity index (χ3v) is 4.74. The molecule has 0 heterocycles. The Morgan fingerprint density at radius 1 is 1.00 bits per heavy atom. The third kappa shape index (κ3) is 6.34. The van der Waals surface area contributed by atoms with Crippen LogP contribution in [0.2, 0.25) is 0 Å². The summed E-state index contributed by atoms with van der Waals surface area (Å²) in [6.07, 6.45) is 0. The molecule has 2 rings (SSSR count). The van der Waals surface area contributed by atoms with Crippen LogP contribution in [-0.2, 0) is 19.6 Å². The molecular weight excluding hydrogens is 387 g/mol. The Morgan fingerprint density at radius 2 is 1.57 bits per heavy atom. The zero-order chi connectivity index (χ0) is 20.9. The lowest BCUT2D eigenvalue weighted by Gasteiger charge is -2.20. The van der Waals surface area contributed by atoms with Crippen molar-refractivity contribution in [3.05, 3.63) is 59.9 Å². The first-order valence-electron chi connectivity index (χ1n) is 8.33. The van der Waals surface area contributed by atoms with E-state index in [2.05, 4.69) is 10.0 Å². The normalized spacial score (nSPS) is 11.6. The highest BCUT2D eigenvalue weighted by atomic mass is 32.2. The minimum absolute atomic E-state index is 0.0844. The number of ether oxygens (including phenoxy) is 1. The summed E-state index contributed by atoms with van der Waals surface area (Å²) in [5.74, 6) is -1.68. The van der Waals surface area contributed by atoms with Gasteiger partial charge >= 0.3 is 5.97 Å². The Balaban J connectivity index is 2.00. The van der Waals surface area contributed by atoms with Crippen molar-refractivity contribution in [2.24, 2.45) is 0 Å². The summed E-state index contributed by atoms with van der Waals surface area (Å²) in [5.41, 5.74) is -0.143. The quantitative estimate of drug-likeness (QED) is 0.716. The molecule has 150 valence electrons. The summed E-state index contributed by atoms with van der Waals surface area (Å²) in [5, 5.41) is 2.65. The molecule has 28 heavy (non-hydrogen) atoms. The van der Waals surface area contributed by atoms with Gasteiger partial charge in [-0.1, -0.05) is 0 Å². The molecule has 2 N–H and O–H groups in total. The fourth-order valence-corrected chi connectivity index (χ4v) is 3.23. The van der Waals surface area contributed by atoms with E-state index in [1.54, 1.807) is 20.8 Å². The van der Waals surface area contributed by atoms with Gasteiger partial charge in [-0.05, 0) is 69.3 Å². The standard InChI is InChI=1S/C19H21FN2O5S/c1-19(2,3)21-17(23)12-27-18(24)13-4-10-16(11-5-13)28(25,26)22-15-8-6-14(20)7-9-15/h4-11,22H,12H2,1-3H3,(H,21,23). The molecule has 0 radical (unpaired) electrons. The van der Waals surface area contributed by atoms with E-state index < -0.39 is 39.9 Å². The zero-order valence-corrected chi connectivity index (χ0v) is 16.5. The van der Waals surface area contributed by atoms with Crippen molar-refractivity contribution in [2.75, 3.05) is 11.3 Å². The lowest BCUT2D eigenvalue weighted by atomic mass is 10.1. The molecule has 2 aromatic carbocycles. The summed E-state index contributed by atoms with van der Waals surface area (Å²) >= 11 is 0. The van der Waals surface area contributed by atoms with E-state index >= 15 is 0 Å². The molecule has 0 saturated carbocycles. The van der Waals surface area contributed by atoms with Gasteiger partial charge in [0.2, 0.25) is 0 Å². The average Bonchev–Trinajstić information content (AvgIpc) is 2.60. The van der Waals surface area contributed by atoms with Crippen molar-refractivity contribution in [1.29, 1.82) is 0 Å². The summed E-state index contributed by atoms with van der Waals surface area (Å²) < 4.78 is 44.8. The van der Waals surface area contributed by atoms with Crippen LogP contribution in [0.5, 0.6) is 0 Å². The predicted octanol–water partition coefficient (Wildman–Crippen LogP) is 2.70. The van der Waals surface area contributed by atoms with Gasteiger partial charge in [-0.2, -0.15) is 0 Å². The number of hydrogen-bond donors (Lipinski definition) is 2. The van der Waals surface area contributed by atoms with Gasteiger partial charge in [0.15, 0.2) is 6.61 Å². The van der Waals surface area contributed by atoms with Crippen molar-refractivity contribution in [3.63, 3.8) is 0 Å². The zero-order valence-electron chi connectivity index (χ0n) is 15.7. The molecule has 2 aromatic rings. The van der Waals surface area contributed by atoms with Crippen LogP contribution in [0.3, 0.4) is 0 Å². The second-order valence-corrected chi connectivity index (χ2v) is 8.69. The van der Waals surface area contributed by atoms with E-state index in [-0.39, 0.29) is 16.1 Å². The highest BCUT2D eigenvalue weighted by molar-refractivity contribution is 7.92. The van der Waals surface area contributed by atoms with Crippen LogP contribution in [0.4, 0.5) is 10.1 Å². The topological polar surface area (TPSA) is 102 Å². The Bertz CT molecular complexity index is 949. The minimum Gasteiger partial charge on any atom is -0.452 e. The lowest BCUT2D eigenvalue weighted by molar-refractivity contribution is -0.125. The molecule has 0 fully saturated rings. The Kier molecular flexibility index (Phi) is 6.40. The van der Waals surface area contributed by atoms with Crippen LogP contribution in [0.15, 0.2) is 53.4 Å². The number of sulfonamides is 1. The van der Waals surface area contributed by atoms with E-state index in [1.165, 1.54) is 36.4 Å². The van der Waals surface area contributed by atoms with Gasteiger partial charge in [-0.3, -0.25) is 9.52 Å². The largest absolute Gasteiger partial charge is 0.452 e. The summed E-state index contributed by atoms with van der Waals surface area (Å²) in [6.45, 7) is 4.95. The predicted molar refractivity (Wildman–Crippen MR) is 102 cm³/mol. The van der Waals surface area contributed by atoms with E-state index in [0.717, 1.165) is 12.1 Å². The third-order valence-electron chi connectivity index (χ3n) is 3.35. The number of nitrogens with one attached hydrogen (secondary N) is 2. The molecule has 0 aromatic heterocycles. The SMILES string of the molecule is CC(C)(C)NC(=O)COC(=O)c1ccc(S(=O)(=O)Nc2ccc(F)cc2)cc1. The van der Waals surface area contributed by atoms with Crippen molar-refractivity contribution < 1.29 is 27.1 Å². The van der Waals surface area contributed by atoms with E-state index in [0.29, 0.717) is 0 Å². The van der Waals surface area contributed by atoms with Crippen molar-refractivity contribution in [2.45, 2.75) is 31.2 Å². The number of hydrogen-bond acceptors (Lipinski definition) is 5. The van der Waals surface area contributed by atoms with Crippen molar-refractivity contribution >= 4 is 27.6 Å². The number of carbonyl (C=O) groups excluding carboxylic acids is 2. The molecule has 0 aliphatic heterocycles. The highest BCUT2D eigenvalue weighted by Crippen LogP contribution is 2.17. The van der Waals surface area contributed by atoms with Crippen molar-refractivity contribution in [3.8, 4) is 0 Å². The maximum absolute atomic E-state index is 12.9. The number of halogens is 1. The second kappa shape index (κ2) is 8.39. The first-order chi connectivity index (χ1) is 13.0. The Hall–Kier alpha value is -2.94. The van der Waals surface area contributed by atoms with Gasteiger partial charge < -0.3 is 10.1 Å². The van der Waals surface area contributed by atoms with E-state index in [4.69, 9.17) is 4.74 Å². The Morgan fingerprint density at radius 3 is 2.11 bits per heavy atom. The van der Waals surface area contributed by atoms with Crippen LogP contribution in [0.1, 0.15) is 31.1 Å². The van der Waals surface area contributed by atoms with Crippen LogP contribution >= 0.6 is 0 Å². The van der Waals surface area contributed by atoms with E-state index in [9.17, 15) is 22.4 Å². The molecule has 1 amide bonds. The van der Waals surface area contributed by atoms with Crippen LogP contribution in [-0.4, -0.2) is 32.4 Å². The number of carbonyl (C=O) groups is 2. The van der Waals surface area contributed by atoms with Crippen molar-refractivity contribution in [1.82, 2.24) is 5.32 Å². The second-order valence-electron chi connectivity index (χ2n) is 7.01. The van der Waals surface area contributed by atoms with Gasteiger partial charge in [-0.25, -0.2) is 17.6 Å². The van der Waals surface area contributed by atoms with Gasteiger partial charge in [0.25, 0.3) is 15.9 Å². The number of rotatable bonds is 6. The molecule has 0 aliphatic carbocycles. The van der Waals surface area contributed by atoms with E-state index in [1.807, 2.05) is 0 Å². The lowest BCUT2D eigenvalue weighted by Crippen LogP contribution is -2.42. The average molecular weight is 408 g/mol. The molecule has 7 nitrogen and oxygen atoms in total. The molecule has 0 aliphatic rings. The number of esters is 1. The fraction of sp³-hybridized carbons (Fsp3) is 0.263. The summed E-state index contributed by atoms with van der Waals surface area (Å²) in [4.78, 5) is 23.6. The molecule has 0 bridgehead atoms. The van der Waals surface area contributed by atoms with Gasteiger partial charge in [-0.15, -0.1) is 0 Å².